The molecule has 5 nitrogen and oxygen atoms in total. The zero-order chi connectivity index (χ0) is 18.8. The number of aromatic nitrogens is 1. The van der Waals surface area contributed by atoms with Gasteiger partial charge in [-0.15, -0.1) is 0 Å². The van der Waals surface area contributed by atoms with Gasteiger partial charge >= 0.3 is 0 Å². The van der Waals surface area contributed by atoms with Gasteiger partial charge in [0.1, 0.15) is 0 Å². The van der Waals surface area contributed by atoms with E-state index in [-0.39, 0.29) is 11.8 Å². The van der Waals surface area contributed by atoms with E-state index in [1.165, 1.54) is 6.08 Å². The van der Waals surface area contributed by atoms with Gasteiger partial charge in [0, 0.05) is 48.9 Å². The van der Waals surface area contributed by atoms with E-state index in [2.05, 4.69) is 5.32 Å². The fourth-order valence-electron chi connectivity index (χ4n) is 3.44. The summed E-state index contributed by atoms with van der Waals surface area (Å²) in [4.78, 5) is 25.9. The first-order valence-corrected chi connectivity index (χ1v) is 9.05. The van der Waals surface area contributed by atoms with Crippen LogP contribution in [0, 0.1) is 0 Å². The summed E-state index contributed by atoms with van der Waals surface area (Å²) in [6.07, 6.45) is 6.81. The molecule has 4 rings (SSSR count). The molecule has 0 bridgehead atoms. The molecular formula is C22H21N3O2. The Kier molecular flexibility index (Phi) is 4.50. The summed E-state index contributed by atoms with van der Waals surface area (Å²) in [5, 5.41) is 3.95. The lowest BCUT2D eigenvalue weighted by molar-refractivity contribution is -0.117. The molecule has 136 valence electrons. The highest BCUT2D eigenvalue weighted by Crippen LogP contribution is 2.24. The van der Waals surface area contributed by atoms with E-state index in [0.717, 1.165) is 40.8 Å². The van der Waals surface area contributed by atoms with Crippen molar-refractivity contribution in [3.63, 3.8) is 0 Å². The third kappa shape index (κ3) is 3.49. The molecule has 1 aromatic heterocycles. The molecule has 0 radical (unpaired) electrons. The lowest BCUT2D eigenvalue weighted by Crippen LogP contribution is -2.23. The Balaban J connectivity index is 1.44. The van der Waals surface area contributed by atoms with Crippen LogP contribution >= 0.6 is 0 Å². The Bertz CT molecular complexity index is 1030. The molecule has 0 aliphatic carbocycles. The summed E-state index contributed by atoms with van der Waals surface area (Å²) in [6, 6.07) is 15.5. The van der Waals surface area contributed by atoms with Crippen LogP contribution in [0.2, 0.25) is 0 Å². The fraction of sp³-hybridized carbons (Fsp3) is 0.182. The average Bonchev–Trinajstić information content (AvgIpc) is 3.27. The lowest BCUT2D eigenvalue weighted by atomic mass is 10.1. The topological polar surface area (TPSA) is 54.3 Å². The Morgan fingerprint density at radius 1 is 1.11 bits per heavy atom. The zero-order valence-electron chi connectivity index (χ0n) is 15.2. The minimum Gasteiger partial charge on any atom is -0.350 e. The molecule has 1 fully saturated rings. The molecule has 0 unspecified atom stereocenters. The molecule has 0 saturated carbocycles. The normalized spacial score (nSPS) is 14.4. The van der Waals surface area contributed by atoms with Crippen LogP contribution in [0.5, 0.6) is 0 Å². The molecule has 5 heteroatoms. The quantitative estimate of drug-likeness (QED) is 0.717. The van der Waals surface area contributed by atoms with Gasteiger partial charge in [-0.2, -0.15) is 0 Å². The molecule has 3 aromatic rings. The first-order chi connectivity index (χ1) is 13.1. The van der Waals surface area contributed by atoms with Crippen LogP contribution in [0.1, 0.15) is 18.4 Å². The van der Waals surface area contributed by atoms with Gasteiger partial charge in [0.05, 0.1) is 5.69 Å². The third-order valence-electron chi connectivity index (χ3n) is 4.89. The summed E-state index contributed by atoms with van der Waals surface area (Å²) in [7, 11) is 1.98. The Morgan fingerprint density at radius 3 is 2.67 bits per heavy atom. The van der Waals surface area contributed by atoms with Gasteiger partial charge in [-0.05, 0) is 48.4 Å². The van der Waals surface area contributed by atoms with Gasteiger partial charge in [-0.25, -0.2) is 0 Å². The summed E-state index contributed by atoms with van der Waals surface area (Å²) < 4.78 is 2.02. The number of amides is 2. The molecule has 1 saturated heterocycles. The summed E-state index contributed by atoms with van der Waals surface area (Å²) in [5.74, 6) is -0.00194. The van der Waals surface area contributed by atoms with E-state index in [4.69, 9.17) is 0 Å². The molecule has 1 aliphatic rings. The maximum absolute atomic E-state index is 12.3. The monoisotopic (exact) mass is 359 g/mol. The molecule has 2 aromatic carbocycles. The number of aryl methyl sites for hydroxylation is 1. The molecule has 2 amide bonds. The number of fused-ring (bicyclic) bond motifs is 1. The van der Waals surface area contributed by atoms with Crippen molar-refractivity contribution in [2.75, 3.05) is 16.8 Å². The molecule has 1 N–H and O–H groups in total. The predicted molar refractivity (Wildman–Crippen MR) is 109 cm³/mol. The molecular weight excluding hydrogens is 338 g/mol. The van der Waals surface area contributed by atoms with E-state index in [9.17, 15) is 9.59 Å². The van der Waals surface area contributed by atoms with Crippen molar-refractivity contribution in [3.8, 4) is 0 Å². The van der Waals surface area contributed by atoms with Gasteiger partial charge in [0.15, 0.2) is 0 Å². The van der Waals surface area contributed by atoms with Crippen molar-refractivity contribution in [1.29, 1.82) is 0 Å². The molecule has 0 spiro atoms. The molecule has 1 aliphatic heterocycles. The maximum atomic E-state index is 12.3. The number of rotatable bonds is 4. The lowest BCUT2D eigenvalue weighted by Gasteiger charge is -2.15. The third-order valence-corrected chi connectivity index (χ3v) is 4.89. The Labute approximate surface area is 157 Å². The van der Waals surface area contributed by atoms with Crippen LogP contribution in [-0.4, -0.2) is 22.9 Å². The summed E-state index contributed by atoms with van der Waals surface area (Å²) in [6.45, 7) is 0.779. The first-order valence-electron chi connectivity index (χ1n) is 9.05. The molecule has 2 heterocycles. The minimum absolute atomic E-state index is 0.174. The number of carbonyl (C=O) groups is 2. The van der Waals surface area contributed by atoms with Crippen molar-refractivity contribution >= 4 is 40.2 Å². The smallest absolute Gasteiger partial charge is 0.248 e. The SMILES string of the molecule is Cn1ccc2c(NC(=O)/C=C/c3ccc(N4CCCC4=O)cc3)cccc21. The van der Waals surface area contributed by atoms with Gasteiger partial charge in [0.2, 0.25) is 11.8 Å². The van der Waals surface area contributed by atoms with Gasteiger partial charge < -0.3 is 14.8 Å². The van der Waals surface area contributed by atoms with Crippen molar-refractivity contribution in [2.24, 2.45) is 7.05 Å². The highest BCUT2D eigenvalue weighted by molar-refractivity contribution is 6.07. The number of hydrogen-bond acceptors (Lipinski definition) is 2. The Morgan fingerprint density at radius 2 is 1.93 bits per heavy atom. The van der Waals surface area contributed by atoms with Crippen molar-refractivity contribution in [1.82, 2.24) is 4.57 Å². The van der Waals surface area contributed by atoms with E-state index in [1.54, 1.807) is 11.0 Å². The predicted octanol–water partition coefficient (Wildman–Crippen LogP) is 3.96. The van der Waals surface area contributed by atoms with E-state index < -0.39 is 0 Å². The van der Waals surface area contributed by atoms with Crippen LogP contribution in [0.25, 0.3) is 17.0 Å². The minimum atomic E-state index is -0.176. The highest BCUT2D eigenvalue weighted by atomic mass is 16.2. The van der Waals surface area contributed by atoms with Crippen LogP contribution < -0.4 is 10.2 Å². The number of anilines is 2. The number of benzene rings is 2. The number of hydrogen-bond donors (Lipinski definition) is 1. The zero-order valence-corrected chi connectivity index (χ0v) is 15.2. The number of nitrogens with zero attached hydrogens (tertiary/aromatic N) is 2. The van der Waals surface area contributed by atoms with Crippen molar-refractivity contribution in [3.05, 3.63) is 66.4 Å². The maximum Gasteiger partial charge on any atom is 0.248 e. The number of nitrogens with one attached hydrogen (secondary N) is 1. The van der Waals surface area contributed by atoms with Crippen LogP contribution in [0.4, 0.5) is 11.4 Å². The van der Waals surface area contributed by atoms with Gasteiger partial charge in [-0.3, -0.25) is 9.59 Å². The van der Waals surface area contributed by atoms with Crippen molar-refractivity contribution in [2.45, 2.75) is 12.8 Å². The standard InChI is InChI=1S/C22H21N3O2/c1-24-15-13-18-19(4-2-5-20(18)24)23-21(26)12-9-16-7-10-17(11-8-16)25-14-3-6-22(25)27/h2,4-5,7-13,15H,3,6,14H2,1H3,(H,23,26)/b12-9+. The Hall–Kier alpha value is -3.34. The van der Waals surface area contributed by atoms with E-state index >= 15 is 0 Å². The second-order valence-electron chi connectivity index (χ2n) is 6.73. The summed E-state index contributed by atoms with van der Waals surface area (Å²) >= 11 is 0. The van der Waals surface area contributed by atoms with Crippen LogP contribution in [0.15, 0.2) is 60.8 Å². The van der Waals surface area contributed by atoms with Crippen LogP contribution in [-0.2, 0) is 16.6 Å². The van der Waals surface area contributed by atoms with E-state index in [1.807, 2.05) is 66.3 Å². The summed E-state index contributed by atoms with van der Waals surface area (Å²) in [5.41, 5.74) is 3.70. The largest absolute Gasteiger partial charge is 0.350 e. The highest BCUT2D eigenvalue weighted by Gasteiger charge is 2.21. The molecule has 27 heavy (non-hydrogen) atoms. The second kappa shape index (κ2) is 7.11. The van der Waals surface area contributed by atoms with Gasteiger partial charge in [0.25, 0.3) is 0 Å². The molecule has 0 atom stereocenters. The average molecular weight is 359 g/mol. The second-order valence-corrected chi connectivity index (χ2v) is 6.73. The van der Waals surface area contributed by atoms with Crippen LogP contribution in [0.3, 0.4) is 0 Å². The van der Waals surface area contributed by atoms with E-state index in [0.29, 0.717) is 6.42 Å². The van der Waals surface area contributed by atoms with Gasteiger partial charge in [-0.1, -0.05) is 18.2 Å². The first kappa shape index (κ1) is 17.1. The number of carbonyl (C=O) groups excluding carboxylic acids is 2. The fourth-order valence-corrected chi connectivity index (χ4v) is 3.44. The van der Waals surface area contributed by atoms with Crippen molar-refractivity contribution < 1.29 is 9.59 Å².